The number of aromatic amines is 1. The van der Waals surface area contributed by atoms with Crippen molar-refractivity contribution in [3.05, 3.63) is 48.2 Å². The summed E-state index contributed by atoms with van der Waals surface area (Å²) in [7, 11) is 4.02. The summed E-state index contributed by atoms with van der Waals surface area (Å²) >= 11 is 0. The van der Waals surface area contributed by atoms with Crippen LogP contribution in [0.15, 0.2) is 47.6 Å². The predicted molar refractivity (Wildman–Crippen MR) is 142 cm³/mol. The molecule has 0 saturated carbocycles. The molecular formula is C26H39N8O2+. The number of hydrogen-bond acceptors (Lipinski definition) is 6. The molecule has 0 aliphatic carbocycles. The SMILES string of the molecule is CN1CCC(N(C)C(=O)c2ccc(N/C(N)=N/c3[nH+]cccc3N3CCC(OCN)CC3)cc2)CC1. The zero-order valence-corrected chi connectivity index (χ0v) is 21.3. The molecule has 3 heterocycles. The quantitative estimate of drug-likeness (QED) is 0.303. The summed E-state index contributed by atoms with van der Waals surface area (Å²) in [6.45, 7) is 4.02. The number of aromatic nitrogens is 1. The van der Waals surface area contributed by atoms with Crippen molar-refractivity contribution in [2.24, 2.45) is 16.5 Å². The van der Waals surface area contributed by atoms with E-state index in [1.807, 2.05) is 54.5 Å². The number of piperidine rings is 2. The van der Waals surface area contributed by atoms with Crippen LogP contribution in [-0.2, 0) is 4.74 Å². The van der Waals surface area contributed by atoms with E-state index in [1.54, 1.807) is 0 Å². The molecule has 2 aromatic rings. The largest absolute Gasteiger partial charge is 0.365 e. The van der Waals surface area contributed by atoms with Crippen molar-refractivity contribution in [1.82, 2.24) is 9.80 Å². The average Bonchev–Trinajstić information content (AvgIpc) is 2.90. The third-order valence-electron chi connectivity index (χ3n) is 7.12. The fourth-order valence-corrected chi connectivity index (χ4v) is 4.91. The molecule has 194 valence electrons. The van der Waals surface area contributed by atoms with Crippen molar-refractivity contribution in [1.29, 1.82) is 0 Å². The number of rotatable bonds is 7. The molecule has 4 rings (SSSR count). The number of nitrogens with zero attached hydrogens (tertiary/aromatic N) is 4. The van der Waals surface area contributed by atoms with E-state index in [4.69, 9.17) is 16.2 Å². The van der Waals surface area contributed by atoms with Gasteiger partial charge in [0.2, 0.25) is 0 Å². The molecule has 10 nitrogen and oxygen atoms in total. The maximum Gasteiger partial charge on any atom is 0.348 e. The van der Waals surface area contributed by atoms with Gasteiger partial charge < -0.3 is 36.2 Å². The molecule has 0 spiro atoms. The van der Waals surface area contributed by atoms with Gasteiger partial charge in [-0.1, -0.05) is 0 Å². The molecule has 2 aliphatic heterocycles. The molecule has 1 amide bonds. The lowest BCUT2D eigenvalue weighted by atomic mass is 10.0. The minimum absolute atomic E-state index is 0.0434. The Morgan fingerprint density at radius 1 is 1.14 bits per heavy atom. The van der Waals surface area contributed by atoms with E-state index >= 15 is 0 Å². The summed E-state index contributed by atoms with van der Waals surface area (Å²) in [5.41, 5.74) is 14.2. The van der Waals surface area contributed by atoms with Gasteiger partial charge in [-0.05, 0) is 87.2 Å². The number of pyridine rings is 1. The Bertz CT molecular complexity index is 1030. The number of benzene rings is 1. The molecule has 1 aromatic carbocycles. The first-order valence-electron chi connectivity index (χ1n) is 12.7. The van der Waals surface area contributed by atoms with Crippen LogP contribution in [0.25, 0.3) is 0 Å². The minimum Gasteiger partial charge on any atom is -0.365 e. The van der Waals surface area contributed by atoms with Crippen LogP contribution in [-0.4, -0.2) is 80.8 Å². The third kappa shape index (κ3) is 6.51. The summed E-state index contributed by atoms with van der Waals surface area (Å²) < 4.78 is 5.56. The van der Waals surface area contributed by atoms with Crippen LogP contribution in [0, 0.1) is 0 Å². The van der Waals surface area contributed by atoms with Crippen molar-refractivity contribution < 1.29 is 14.5 Å². The lowest BCUT2D eigenvalue weighted by Gasteiger charge is -2.35. The number of nitrogens with one attached hydrogen (secondary N) is 2. The highest BCUT2D eigenvalue weighted by Crippen LogP contribution is 2.27. The average molecular weight is 496 g/mol. The van der Waals surface area contributed by atoms with Crippen LogP contribution in [0.2, 0.25) is 0 Å². The van der Waals surface area contributed by atoms with Crippen LogP contribution >= 0.6 is 0 Å². The highest BCUT2D eigenvalue weighted by molar-refractivity contribution is 5.97. The number of ether oxygens (including phenoxy) is 1. The molecule has 36 heavy (non-hydrogen) atoms. The second-order valence-corrected chi connectivity index (χ2v) is 9.57. The molecule has 2 saturated heterocycles. The van der Waals surface area contributed by atoms with Gasteiger partial charge in [-0.2, -0.15) is 0 Å². The van der Waals surface area contributed by atoms with E-state index in [0.29, 0.717) is 11.4 Å². The lowest BCUT2D eigenvalue weighted by Crippen LogP contribution is -2.44. The van der Waals surface area contributed by atoms with Gasteiger partial charge in [0.15, 0.2) is 0 Å². The van der Waals surface area contributed by atoms with Gasteiger partial charge in [-0.3, -0.25) is 4.79 Å². The van der Waals surface area contributed by atoms with Crippen LogP contribution in [0.3, 0.4) is 0 Å². The normalized spacial score (nSPS) is 18.3. The van der Waals surface area contributed by atoms with E-state index < -0.39 is 0 Å². The number of carbonyl (C=O) groups excluding carboxylic acids is 1. The molecular weight excluding hydrogens is 456 g/mol. The number of amides is 1. The van der Waals surface area contributed by atoms with Gasteiger partial charge in [-0.25, -0.2) is 4.98 Å². The van der Waals surface area contributed by atoms with E-state index in [2.05, 4.69) is 32.1 Å². The number of hydrogen-bond donors (Lipinski definition) is 3. The van der Waals surface area contributed by atoms with Crippen LogP contribution in [0.1, 0.15) is 36.0 Å². The maximum absolute atomic E-state index is 13.0. The van der Waals surface area contributed by atoms with Crippen molar-refractivity contribution >= 4 is 29.1 Å². The topological polar surface area (TPSA) is 127 Å². The fourth-order valence-electron chi connectivity index (χ4n) is 4.91. The van der Waals surface area contributed by atoms with Gasteiger partial charge in [0, 0.05) is 37.4 Å². The Morgan fingerprint density at radius 2 is 1.83 bits per heavy atom. The summed E-state index contributed by atoms with van der Waals surface area (Å²) in [5.74, 6) is 0.997. The first kappa shape index (κ1) is 25.9. The zero-order chi connectivity index (χ0) is 25.5. The van der Waals surface area contributed by atoms with Crippen LogP contribution in [0.5, 0.6) is 0 Å². The fraction of sp³-hybridized carbons (Fsp3) is 0.500. The number of H-pyrrole nitrogens is 1. The molecule has 0 unspecified atom stereocenters. The third-order valence-corrected chi connectivity index (χ3v) is 7.12. The molecule has 0 bridgehead atoms. The maximum atomic E-state index is 13.0. The van der Waals surface area contributed by atoms with Gasteiger partial charge in [0.1, 0.15) is 5.69 Å². The molecule has 0 atom stereocenters. The Balaban J connectivity index is 1.37. The highest BCUT2D eigenvalue weighted by Gasteiger charge is 2.26. The van der Waals surface area contributed by atoms with Crippen molar-refractivity contribution in [2.75, 3.05) is 57.2 Å². The minimum atomic E-state index is 0.0434. The Hall–Kier alpha value is -3.21. The van der Waals surface area contributed by atoms with Crippen molar-refractivity contribution in [3.63, 3.8) is 0 Å². The monoisotopic (exact) mass is 495 g/mol. The van der Waals surface area contributed by atoms with Crippen LogP contribution in [0.4, 0.5) is 17.2 Å². The summed E-state index contributed by atoms with van der Waals surface area (Å²) in [6, 6.07) is 11.6. The van der Waals surface area contributed by atoms with Gasteiger partial charge >= 0.3 is 11.8 Å². The van der Waals surface area contributed by atoms with Crippen molar-refractivity contribution in [2.45, 2.75) is 37.8 Å². The number of aliphatic imine (C=N–C) groups is 1. The van der Waals surface area contributed by atoms with Crippen molar-refractivity contribution in [3.8, 4) is 0 Å². The molecule has 10 heteroatoms. The van der Waals surface area contributed by atoms with Gasteiger partial charge in [0.05, 0.1) is 19.0 Å². The second kappa shape index (κ2) is 12.2. The number of anilines is 2. The van der Waals surface area contributed by atoms with Crippen LogP contribution < -0.4 is 26.7 Å². The standard InChI is InChI=1S/C26H38N8O2/c1-32-14-9-21(10-15-32)33(2)25(35)19-5-7-20(8-6-19)30-26(28)31-24-23(4-3-13-29-24)34-16-11-22(12-17-34)36-18-27/h3-8,13,21-22H,9-12,14-18,27H2,1-2H3,(H3,28,29,30,31)/p+1. The molecule has 1 aromatic heterocycles. The van der Waals surface area contributed by atoms with Gasteiger partial charge in [0.25, 0.3) is 5.91 Å². The van der Waals surface area contributed by atoms with E-state index in [0.717, 1.165) is 63.2 Å². The number of nitrogens with two attached hydrogens (primary N) is 2. The predicted octanol–water partition coefficient (Wildman–Crippen LogP) is 1.63. The first-order chi connectivity index (χ1) is 17.4. The summed E-state index contributed by atoms with van der Waals surface area (Å²) in [6.07, 6.45) is 5.88. The number of carbonyl (C=O) groups is 1. The molecule has 2 fully saturated rings. The summed E-state index contributed by atoms with van der Waals surface area (Å²) in [4.78, 5) is 27.2. The second-order valence-electron chi connectivity index (χ2n) is 9.57. The summed E-state index contributed by atoms with van der Waals surface area (Å²) in [5, 5.41) is 3.13. The Kier molecular flexibility index (Phi) is 8.74. The van der Waals surface area contributed by atoms with E-state index in [9.17, 15) is 4.79 Å². The molecule has 6 N–H and O–H groups in total. The zero-order valence-electron chi connectivity index (χ0n) is 21.3. The molecule has 0 radical (unpaired) electrons. The van der Waals surface area contributed by atoms with Gasteiger partial charge in [-0.15, -0.1) is 0 Å². The van der Waals surface area contributed by atoms with E-state index in [-0.39, 0.29) is 30.7 Å². The Labute approximate surface area is 213 Å². The first-order valence-corrected chi connectivity index (χ1v) is 12.7. The molecule has 2 aliphatic rings. The number of likely N-dealkylation sites (tertiary alicyclic amines) is 1. The number of guanidine groups is 1. The van der Waals surface area contributed by atoms with E-state index in [1.165, 1.54) is 0 Å². The Morgan fingerprint density at radius 3 is 2.50 bits per heavy atom. The highest BCUT2D eigenvalue weighted by atomic mass is 16.5. The lowest BCUT2D eigenvalue weighted by molar-refractivity contribution is -0.362. The smallest absolute Gasteiger partial charge is 0.348 e.